The van der Waals surface area contributed by atoms with E-state index in [1.165, 1.54) is 26.5 Å². The first-order chi connectivity index (χ1) is 15.5. The molecule has 1 aromatic heterocycles. The lowest BCUT2D eigenvalue weighted by molar-refractivity contribution is -0.111. The van der Waals surface area contributed by atoms with Crippen LogP contribution in [0, 0.1) is 0 Å². The number of carbonyl (C=O) groups is 1. The SMILES string of the molecule is COC(Cn1ccc(=O)c(OCc2ccccc2)c1C(=O)NCc1cccc(Cl)c1)OC. The van der Waals surface area contributed by atoms with Crippen molar-refractivity contribution in [1.82, 2.24) is 9.88 Å². The van der Waals surface area contributed by atoms with E-state index in [0.29, 0.717) is 5.02 Å². The molecule has 32 heavy (non-hydrogen) atoms. The summed E-state index contributed by atoms with van der Waals surface area (Å²) in [4.78, 5) is 25.9. The summed E-state index contributed by atoms with van der Waals surface area (Å²) in [6.07, 6.45) is 0.913. The highest BCUT2D eigenvalue weighted by molar-refractivity contribution is 6.30. The van der Waals surface area contributed by atoms with E-state index in [1.54, 1.807) is 22.8 Å². The number of hydrogen-bond acceptors (Lipinski definition) is 5. The molecule has 0 aliphatic carbocycles. The third kappa shape index (κ3) is 6.20. The van der Waals surface area contributed by atoms with E-state index in [1.807, 2.05) is 36.4 Å². The van der Waals surface area contributed by atoms with Crippen molar-refractivity contribution in [3.05, 3.63) is 98.9 Å². The van der Waals surface area contributed by atoms with Gasteiger partial charge in [0.05, 0.1) is 6.54 Å². The van der Waals surface area contributed by atoms with Crippen molar-refractivity contribution in [3.63, 3.8) is 0 Å². The second kappa shape index (κ2) is 11.5. The first-order valence-electron chi connectivity index (χ1n) is 10.00. The minimum absolute atomic E-state index is 0.0362. The number of carbonyl (C=O) groups excluding carboxylic acids is 1. The molecule has 0 atom stereocenters. The Balaban J connectivity index is 1.91. The minimum atomic E-state index is -0.612. The van der Waals surface area contributed by atoms with Crippen LogP contribution in [-0.2, 0) is 29.2 Å². The average Bonchev–Trinajstić information content (AvgIpc) is 2.81. The van der Waals surface area contributed by atoms with E-state index in [0.717, 1.165) is 11.1 Å². The third-order valence-electron chi connectivity index (χ3n) is 4.79. The molecule has 1 amide bonds. The lowest BCUT2D eigenvalue weighted by Crippen LogP contribution is -2.32. The summed E-state index contributed by atoms with van der Waals surface area (Å²) < 4.78 is 18.0. The summed E-state index contributed by atoms with van der Waals surface area (Å²) in [7, 11) is 3.00. The Morgan fingerprint density at radius 2 is 1.75 bits per heavy atom. The molecule has 0 radical (unpaired) electrons. The van der Waals surface area contributed by atoms with Crippen LogP contribution in [0.1, 0.15) is 21.6 Å². The predicted molar refractivity (Wildman–Crippen MR) is 122 cm³/mol. The van der Waals surface area contributed by atoms with Crippen LogP contribution in [0.25, 0.3) is 0 Å². The number of amides is 1. The highest BCUT2D eigenvalue weighted by atomic mass is 35.5. The summed E-state index contributed by atoms with van der Waals surface area (Å²) >= 11 is 6.03. The molecule has 8 heteroatoms. The normalized spacial score (nSPS) is 10.9. The Morgan fingerprint density at radius 3 is 2.44 bits per heavy atom. The maximum absolute atomic E-state index is 13.2. The number of methoxy groups -OCH3 is 2. The summed E-state index contributed by atoms with van der Waals surface area (Å²) in [6, 6.07) is 17.9. The molecule has 0 aliphatic rings. The van der Waals surface area contributed by atoms with Crippen molar-refractivity contribution >= 4 is 17.5 Å². The van der Waals surface area contributed by atoms with Gasteiger partial charge >= 0.3 is 0 Å². The second-order valence-electron chi connectivity index (χ2n) is 7.00. The number of halogens is 1. The van der Waals surface area contributed by atoms with E-state index < -0.39 is 17.6 Å². The number of nitrogens with one attached hydrogen (secondary N) is 1. The second-order valence-corrected chi connectivity index (χ2v) is 7.43. The van der Waals surface area contributed by atoms with Crippen LogP contribution in [-0.4, -0.2) is 31.0 Å². The number of rotatable bonds is 10. The van der Waals surface area contributed by atoms with Crippen molar-refractivity contribution in [3.8, 4) is 5.75 Å². The largest absolute Gasteiger partial charge is 0.483 e. The lowest BCUT2D eigenvalue weighted by Gasteiger charge is -2.20. The summed E-state index contributed by atoms with van der Waals surface area (Å²) in [5.74, 6) is -0.498. The van der Waals surface area contributed by atoms with Gasteiger partial charge in [-0.15, -0.1) is 0 Å². The standard InChI is InChI=1S/C24H25ClN2O5/c1-30-21(31-2)15-27-12-11-20(28)23(32-16-17-7-4-3-5-8-17)22(27)24(29)26-14-18-9-6-10-19(25)13-18/h3-13,21H,14-16H2,1-2H3,(H,26,29). The average molecular weight is 457 g/mol. The summed E-state index contributed by atoms with van der Waals surface area (Å²) in [5.41, 5.74) is 1.40. The Bertz CT molecular complexity index is 1100. The maximum Gasteiger partial charge on any atom is 0.272 e. The number of benzene rings is 2. The molecule has 0 fully saturated rings. The van der Waals surface area contributed by atoms with Crippen molar-refractivity contribution in [2.75, 3.05) is 14.2 Å². The fraction of sp³-hybridized carbons (Fsp3) is 0.250. The van der Waals surface area contributed by atoms with E-state index in [4.69, 9.17) is 25.8 Å². The van der Waals surface area contributed by atoms with Gasteiger partial charge in [-0.1, -0.05) is 54.1 Å². The topological polar surface area (TPSA) is 78.8 Å². The molecular weight excluding hydrogens is 432 g/mol. The minimum Gasteiger partial charge on any atom is -0.483 e. The molecular formula is C24H25ClN2O5. The quantitative estimate of drug-likeness (QED) is 0.471. The van der Waals surface area contributed by atoms with Gasteiger partial charge in [0.1, 0.15) is 6.61 Å². The zero-order valence-electron chi connectivity index (χ0n) is 17.9. The molecule has 0 unspecified atom stereocenters. The summed E-state index contributed by atoms with van der Waals surface area (Å²) in [6.45, 7) is 0.570. The molecule has 3 rings (SSSR count). The first-order valence-corrected chi connectivity index (χ1v) is 10.4. The van der Waals surface area contributed by atoms with Gasteiger partial charge in [-0.2, -0.15) is 0 Å². The van der Waals surface area contributed by atoms with E-state index in [-0.39, 0.29) is 31.1 Å². The first kappa shape index (κ1) is 23.5. The molecule has 0 spiro atoms. The Hall–Kier alpha value is -3.13. The van der Waals surface area contributed by atoms with Gasteiger partial charge in [-0.3, -0.25) is 9.59 Å². The van der Waals surface area contributed by atoms with Gasteiger partial charge < -0.3 is 24.1 Å². The van der Waals surface area contributed by atoms with Crippen LogP contribution in [0.4, 0.5) is 0 Å². The Labute approximate surface area is 191 Å². The van der Waals surface area contributed by atoms with Crippen LogP contribution in [0.5, 0.6) is 5.75 Å². The molecule has 3 aromatic rings. The van der Waals surface area contributed by atoms with Gasteiger partial charge in [0.25, 0.3) is 5.91 Å². The number of ether oxygens (including phenoxy) is 3. The Kier molecular flexibility index (Phi) is 8.44. The highest BCUT2D eigenvalue weighted by Crippen LogP contribution is 2.18. The van der Waals surface area contributed by atoms with Crippen molar-refractivity contribution < 1.29 is 19.0 Å². The summed E-state index contributed by atoms with van der Waals surface area (Å²) in [5, 5.41) is 3.41. The van der Waals surface area contributed by atoms with E-state index in [2.05, 4.69) is 5.32 Å². The van der Waals surface area contributed by atoms with Crippen molar-refractivity contribution in [2.24, 2.45) is 0 Å². The van der Waals surface area contributed by atoms with Crippen LogP contribution < -0.4 is 15.5 Å². The zero-order chi connectivity index (χ0) is 22.9. The maximum atomic E-state index is 13.2. The molecule has 0 saturated carbocycles. The van der Waals surface area contributed by atoms with Crippen LogP contribution in [0.2, 0.25) is 5.02 Å². The monoisotopic (exact) mass is 456 g/mol. The number of nitrogens with zero attached hydrogens (tertiary/aromatic N) is 1. The number of aromatic nitrogens is 1. The molecule has 168 valence electrons. The fourth-order valence-corrected chi connectivity index (χ4v) is 3.34. The van der Waals surface area contributed by atoms with Gasteiger partial charge in [0.2, 0.25) is 5.43 Å². The van der Waals surface area contributed by atoms with Crippen molar-refractivity contribution in [1.29, 1.82) is 0 Å². The van der Waals surface area contributed by atoms with Gasteiger partial charge in [-0.25, -0.2) is 0 Å². The molecule has 0 saturated heterocycles. The smallest absolute Gasteiger partial charge is 0.272 e. The predicted octanol–water partition coefficient (Wildman–Crippen LogP) is 3.63. The Morgan fingerprint density at radius 1 is 1.03 bits per heavy atom. The molecule has 2 aromatic carbocycles. The van der Waals surface area contributed by atoms with Gasteiger partial charge in [0.15, 0.2) is 17.7 Å². The highest BCUT2D eigenvalue weighted by Gasteiger charge is 2.22. The van der Waals surface area contributed by atoms with Crippen LogP contribution >= 0.6 is 11.6 Å². The van der Waals surface area contributed by atoms with Crippen molar-refractivity contribution in [2.45, 2.75) is 26.0 Å². The number of hydrogen-bond donors (Lipinski definition) is 1. The molecule has 1 heterocycles. The van der Waals surface area contributed by atoms with Gasteiger partial charge in [0, 0.05) is 38.1 Å². The van der Waals surface area contributed by atoms with Crippen LogP contribution in [0.15, 0.2) is 71.7 Å². The molecule has 7 nitrogen and oxygen atoms in total. The van der Waals surface area contributed by atoms with E-state index in [9.17, 15) is 9.59 Å². The molecule has 1 N–H and O–H groups in total. The molecule has 0 bridgehead atoms. The molecule has 0 aliphatic heterocycles. The number of pyridine rings is 1. The van der Waals surface area contributed by atoms with E-state index >= 15 is 0 Å². The van der Waals surface area contributed by atoms with Crippen LogP contribution in [0.3, 0.4) is 0 Å². The third-order valence-corrected chi connectivity index (χ3v) is 5.02. The fourth-order valence-electron chi connectivity index (χ4n) is 3.13. The zero-order valence-corrected chi connectivity index (χ0v) is 18.7. The van der Waals surface area contributed by atoms with Gasteiger partial charge in [-0.05, 0) is 23.3 Å². The lowest BCUT2D eigenvalue weighted by atomic mass is 10.2.